The van der Waals surface area contributed by atoms with Crippen molar-refractivity contribution in [1.29, 1.82) is 0 Å². The zero-order valence-electron chi connectivity index (χ0n) is 38.0. The number of benzene rings is 4. The molecule has 4 nitrogen and oxygen atoms in total. The maximum atomic E-state index is 3.21. The first-order chi connectivity index (χ1) is 30.6. The summed E-state index contributed by atoms with van der Waals surface area (Å²) >= 11 is 0. The van der Waals surface area contributed by atoms with Crippen molar-refractivity contribution in [2.24, 2.45) is 0 Å². The Balaban J connectivity index is 1.21. The summed E-state index contributed by atoms with van der Waals surface area (Å²) in [5.74, 6) is 0. The first kappa shape index (κ1) is 40.8. The van der Waals surface area contributed by atoms with Crippen LogP contribution in [0.1, 0.15) is 167 Å². The normalized spacial score (nSPS) is 30.8. The molecule has 0 atom stereocenters. The van der Waals surface area contributed by atoms with Gasteiger partial charge in [0.2, 0.25) is 0 Å². The first-order valence-electron chi connectivity index (χ1n) is 26.0. The average molecular weight is 829 g/mol. The van der Waals surface area contributed by atoms with Gasteiger partial charge in [0.15, 0.2) is 0 Å². The molecule has 0 N–H and O–H groups in total. The Kier molecular flexibility index (Phi) is 11.3. The second-order valence-corrected chi connectivity index (χ2v) is 21.9. The molecule has 0 saturated heterocycles. The SMILES string of the molecule is c1ccc(N(C2CCCCC2)C23CC4(N(c5ccccc5)C5CCCCC5)CC(N(c5ccccc5)C5CCCCC5)(C2)CC(N(c2ccccc2)C2CCCCC2)(C3)C4)cc1. The minimum atomic E-state index is 0.00318. The third kappa shape index (κ3) is 7.36. The molecule has 8 aliphatic carbocycles. The second-order valence-electron chi connectivity index (χ2n) is 21.9. The van der Waals surface area contributed by atoms with E-state index >= 15 is 0 Å². The van der Waals surface area contributed by atoms with Gasteiger partial charge in [-0.05, 0) is 138 Å². The molecule has 0 radical (unpaired) electrons. The minimum absolute atomic E-state index is 0.00318. The van der Waals surface area contributed by atoms with Crippen LogP contribution in [0.15, 0.2) is 121 Å². The number of nitrogens with zero attached hydrogens (tertiary/aromatic N) is 4. The molecule has 4 bridgehead atoms. The monoisotopic (exact) mass is 829 g/mol. The summed E-state index contributed by atoms with van der Waals surface area (Å²) in [6.07, 6.45) is 34.6. The van der Waals surface area contributed by atoms with Gasteiger partial charge < -0.3 is 19.6 Å². The van der Waals surface area contributed by atoms with Gasteiger partial charge in [-0.2, -0.15) is 0 Å². The standard InChI is InChI=1S/C58H76N4/c1-9-25-47(26-10-1)59(48-27-11-2-12-28-48)55-41-56(60(49-29-13-3-14-30-49)50-31-15-4-16-32-50)44-57(42-55,61(51-33-17-5-18-34-51)52-35-19-6-20-36-52)46-58(43-55,45-56)62(53-37-21-7-22-38-53)54-39-23-8-24-40-54/h1,3,5,7,9-10,13-14,17-18,21-22,25-26,29-30,33-34,37-38,48,50,52,54H,2,4,6,8,11-12,15-16,19-20,23-24,27-28,31-32,35-36,39-46H2. The molecule has 62 heavy (non-hydrogen) atoms. The fourth-order valence-electron chi connectivity index (χ4n) is 16.6. The third-order valence-corrected chi connectivity index (χ3v) is 17.9. The molecule has 328 valence electrons. The van der Waals surface area contributed by atoms with E-state index in [2.05, 4.69) is 141 Å². The van der Waals surface area contributed by atoms with Crippen molar-refractivity contribution in [1.82, 2.24) is 0 Å². The fraction of sp³-hybridized carbons (Fsp3) is 0.586. The van der Waals surface area contributed by atoms with E-state index in [0.29, 0.717) is 24.2 Å². The van der Waals surface area contributed by atoms with E-state index in [-0.39, 0.29) is 22.2 Å². The molecule has 4 aromatic rings. The number of rotatable bonds is 12. The smallest absolute Gasteiger partial charge is 0.0472 e. The van der Waals surface area contributed by atoms with Crippen molar-refractivity contribution in [2.45, 2.75) is 213 Å². The Morgan fingerprint density at radius 3 is 0.597 bits per heavy atom. The minimum Gasteiger partial charge on any atom is -0.363 e. The lowest BCUT2D eigenvalue weighted by atomic mass is 9.42. The Labute approximate surface area is 375 Å². The molecule has 0 heterocycles. The van der Waals surface area contributed by atoms with Crippen molar-refractivity contribution >= 4 is 22.7 Å². The quantitative estimate of drug-likeness (QED) is 0.141. The molecule has 0 amide bonds. The predicted octanol–water partition coefficient (Wildman–Crippen LogP) is 14.7. The lowest BCUT2D eigenvalue weighted by Crippen LogP contribution is -2.86. The third-order valence-electron chi connectivity index (χ3n) is 17.9. The van der Waals surface area contributed by atoms with Crippen LogP contribution in [-0.4, -0.2) is 46.3 Å². The van der Waals surface area contributed by atoms with Crippen LogP contribution in [0.3, 0.4) is 0 Å². The summed E-state index contributed by atoms with van der Waals surface area (Å²) in [4.78, 5) is 12.8. The lowest BCUT2D eigenvalue weighted by molar-refractivity contribution is -0.0743. The van der Waals surface area contributed by atoms with E-state index in [1.807, 2.05) is 0 Å². The number of anilines is 4. The zero-order chi connectivity index (χ0) is 41.5. The molecule has 0 aliphatic heterocycles. The van der Waals surface area contributed by atoms with Crippen LogP contribution in [-0.2, 0) is 0 Å². The number of hydrogen-bond donors (Lipinski definition) is 0. The Bertz CT molecular complexity index is 1690. The van der Waals surface area contributed by atoms with Gasteiger partial charge in [-0.25, -0.2) is 0 Å². The predicted molar refractivity (Wildman–Crippen MR) is 262 cm³/mol. The number of para-hydroxylation sites is 4. The largest absolute Gasteiger partial charge is 0.363 e. The van der Waals surface area contributed by atoms with E-state index in [1.165, 1.54) is 190 Å². The van der Waals surface area contributed by atoms with Gasteiger partial charge in [0.05, 0.1) is 0 Å². The van der Waals surface area contributed by atoms with Crippen molar-refractivity contribution in [3.63, 3.8) is 0 Å². The highest BCUT2D eigenvalue weighted by atomic mass is 15.4. The molecule has 12 rings (SSSR count). The van der Waals surface area contributed by atoms with Gasteiger partial charge >= 0.3 is 0 Å². The highest BCUT2D eigenvalue weighted by Gasteiger charge is 2.75. The Hall–Kier alpha value is -3.92. The van der Waals surface area contributed by atoms with Gasteiger partial charge in [0.25, 0.3) is 0 Å². The first-order valence-corrected chi connectivity index (χ1v) is 26.0. The van der Waals surface area contributed by atoms with E-state index in [4.69, 9.17) is 0 Å². The molecule has 4 heteroatoms. The molecule has 0 unspecified atom stereocenters. The highest BCUT2D eigenvalue weighted by Crippen LogP contribution is 2.70. The van der Waals surface area contributed by atoms with Crippen LogP contribution in [0.4, 0.5) is 22.7 Å². The van der Waals surface area contributed by atoms with Gasteiger partial charge in [-0.3, -0.25) is 0 Å². The maximum absolute atomic E-state index is 3.21. The highest BCUT2D eigenvalue weighted by molar-refractivity contribution is 5.63. The van der Waals surface area contributed by atoms with Crippen LogP contribution < -0.4 is 19.6 Å². The Morgan fingerprint density at radius 1 is 0.242 bits per heavy atom. The molecule has 4 aromatic carbocycles. The molecule has 8 fully saturated rings. The van der Waals surface area contributed by atoms with Crippen LogP contribution >= 0.6 is 0 Å². The van der Waals surface area contributed by atoms with Crippen molar-refractivity contribution in [3.05, 3.63) is 121 Å². The zero-order valence-corrected chi connectivity index (χ0v) is 38.0. The van der Waals surface area contributed by atoms with Gasteiger partial charge in [0, 0.05) is 69.1 Å². The van der Waals surface area contributed by atoms with E-state index in [1.54, 1.807) is 0 Å². The summed E-state index contributed by atoms with van der Waals surface area (Å²) in [6, 6.07) is 50.5. The maximum Gasteiger partial charge on any atom is 0.0472 e. The number of hydrogen-bond acceptors (Lipinski definition) is 4. The van der Waals surface area contributed by atoms with E-state index in [9.17, 15) is 0 Å². The van der Waals surface area contributed by atoms with Crippen LogP contribution in [0.25, 0.3) is 0 Å². The van der Waals surface area contributed by atoms with Crippen molar-refractivity contribution in [2.75, 3.05) is 19.6 Å². The molecular weight excluding hydrogens is 753 g/mol. The van der Waals surface area contributed by atoms with Crippen LogP contribution in [0.2, 0.25) is 0 Å². The van der Waals surface area contributed by atoms with Gasteiger partial charge in [0.1, 0.15) is 0 Å². The van der Waals surface area contributed by atoms with Crippen molar-refractivity contribution < 1.29 is 0 Å². The summed E-state index contributed by atoms with van der Waals surface area (Å²) in [5, 5.41) is 0. The molecule has 8 aliphatic rings. The summed E-state index contributed by atoms with van der Waals surface area (Å²) < 4.78 is 0. The molecular formula is C58H76N4. The Morgan fingerprint density at radius 2 is 0.419 bits per heavy atom. The van der Waals surface area contributed by atoms with Gasteiger partial charge in [-0.1, -0.05) is 150 Å². The summed E-state index contributed by atoms with van der Waals surface area (Å²) in [6.45, 7) is 0. The second kappa shape index (κ2) is 17.2. The van der Waals surface area contributed by atoms with Crippen molar-refractivity contribution in [3.8, 4) is 0 Å². The topological polar surface area (TPSA) is 13.0 Å². The molecule has 0 aromatic heterocycles. The van der Waals surface area contributed by atoms with Gasteiger partial charge in [-0.15, -0.1) is 0 Å². The molecule has 8 saturated carbocycles. The van der Waals surface area contributed by atoms with Crippen LogP contribution in [0.5, 0.6) is 0 Å². The van der Waals surface area contributed by atoms with E-state index < -0.39 is 0 Å². The summed E-state index contributed by atoms with van der Waals surface area (Å²) in [5.41, 5.74) is 6.01. The van der Waals surface area contributed by atoms with Crippen LogP contribution in [0, 0.1) is 0 Å². The lowest BCUT2D eigenvalue weighted by Gasteiger charge is -2.79. The molecule has 0 spiro atoms. The van der Waals surface area contributed by atoms with E-state index in [0.717, 1.165) is 0 Å². The fourth-order valence-corrected chi connectivity index (χ4v) is 16.6. The average Bonchev–Trinajstić information content (AvgIpc) is 3.31. The summed E-state index contributed by atoms with van der Waals surface area (Å²) in [7, 11) is 0.